The molecule has 0 heterocycles. The fraction of sp³-hybridized carbons (Fsp3) is 0.500. The van der Waals surface area contributed by atoms with E-state index in [4.69, 9.17) is 11.6 Å². The zero-order valence-electron chi connectivity index (χ0n) is 11.2. The summed E-state index contributed by atoms with van der Waals surface area (Å²) in [7, 11) is 0. The summed E-state index contributed by atoms with van der Waals surface area (Å²) >= 11 is 6.10. The van der Waals surface area contributed by atoms with Crippen LogP contribution in [-0.2, 0) is 4.79 Å². The van der Waals surface area contributed by atoms with E-state index in [1.54, 1.807) is 0 Å². The van der Waals surface area contributed by atoms with Crippen molar-refractivity contribution in [1.82, 2.24) is 0 Å². The second kappa shape index (κ2) is 7.27. The van der Waals surface area contributed by atoms with Crippen LogP contribution in [0.25, 0.3) is 0 Å². The summed E-state index contributed by atoms with van der Waals surface area (Å²) in [4.78, 5) is 11.0. The molecule has 0 aliphatic heterocycles. The molecule has 1 atom stereocenters. The first kappa shape index (κ1) is 14.8. The fourth-order valence-corrected chi connectivity index (χ4v) is 2.03. The number of halogens is 1. The van der Waals surface area contributed by atoms with Gasteiger partial charge in [-0.3, -0.25) is 4.79 Å². The van der Waals surface area contributed by atoms with Gasteiger partial charge in [0.2, 0.25) is 5.91 Å². The van der Waals surface area contributed by atoms with Gasteiger partial charge in [-0.25, -0.2) is 0 Å². The molecular formula is C14H21ClN2O. The first-order valence-electron chi connectivity index (χ1n) is 6.34. The number of carbonyl (C=O) groups is 1. The lowest BCUT2D eigenvalue weighted by atomic mass is 10.1. The smallest absolute Gasteiger partial charge is 0.221 e. The molecule has 2 N–H and O–H groups in total. The van der Waals surface area contributed by atoms with Crippen molar-refractivity contribution in [3.8, 4) is 0 Å². The molecule has 0 aromatic heterocycles. The second-order valence-corrected chi connectivity index (χ2v) is 5.06. The molecule has 0 fully saturated rings. The van der Waals surface area contributed by atoms with Crippen LogP contribution in [-0.4, -0.2) is 12.5 Å². The Morgan fingerprint density at radius 1 is 1.44 bits per heavy atom. The van der Waals surface area contributed by atoms with Gasteiger partial charge in [-0.15, -0.1) is 0 Å². The van der Waals surface area contributed by atoms with Gasteiger partial charge >= 0.3 is 0 Å². The standard InChI is InChI=1S/C14H21ClN2O/c1-4-5-10(2)9-16-12-6-7-14(13(15)8-12)17-11(3)18/h6-8,10,16H,4-5,9H2,1-3H3,(H,17,18). The molecule has 0 bridgehead atoms. The highest BCUT2D eigenvalue weighted by molar-refractivity contribution is 6.34. The van der Waals surface area contributed by atoms with E-state index in [-0.39, 0.29) is 5.91 Å². The van der Waals surface area contributed by atoms with Crippen molar-refractivity contribution in [3.05, 3.63) is 23.2 Å². The van der Waals surface area contributed by atoms with Gasteiger partial charge < -0.3 is 10.6 Å². The first-order chi connectivity index (χ1) is 8.52. The second-order valence-electron chi connectivity index (χ2n) is 4.65. The van der Waals surface area contributed by atoms with Gasteiger partial charge in [-0.2, -0.15) is 0 Å². The number of amides is 1. The van der Waals surface area contributed by atoms with E-state index in [1.165, 1.54) is 19.8 Å². The Morgan fingerprint density at radius 2 is 2.17 bits per heavy atom. The maximum Gasteiger partial charge on any atom is 0.221 e. The van der Waals surface area contributed by atoms with Crippen LogP contribution in [0.5, 0.6) is 0 Å². The molecule has 0 saturated heterocycles. The lowest BCUT2D eigenvalue weighted by Crippen LogP contribution is -2.11. The number of rotatable bonds is 6. The van der Waals surface area contributed by atoms with E-state index in [2.05, 4.69) is 24.5 Å². The van der Waals surface area contributed by atoms with E-state index in [1.807, 2.05) is 18.2 Å². The monoisotopic (exact) mass is 268 g/mol. The van der Waals surface area contributed by atoms with Crippen molar-refractivity contribution in [3.63, 3.8) is 0 Å². The van der Waals surface area contributed by atoms with E-state index >= 15 is 0 Å². The number of nitrogens with one attached hydrogen (secondary N) is 2. The van der Waals surface area contributed by atoms with Crippen LogP contribution in [0.3, 0.4) is 0 Å². The lowest BCUT2D eigenvalue weighted by molar-refractivity contribution is -0.114. The Bertz CT molecular complexity index is 407. The van der Waals surface area contributed by atoms with Crippen molar-refractivity contribution >= 4 is 28.9 Å². The maximum atomic E-state index is 11.0. The topological polar surface area (TPSA) is 41.1 Å². The molecular weight excluding hydrogens is 248 g/mol. The maximum absolute atomic E-state index is 11.0. The minimum Gasteiger partial charge on any atom is -0.385 e. The molecule has 1 amide bonds. The number of carbonyl (C=O) groups excluding carboxylic acids is 1. The van der Waals surface area contributed by atoms with Crippen molar-refractivity contribution in [2.75, 3.05) is 17.2 Å². The average molecular weight is 269 g/mol. The number of anilines is 2. The summed E-state index contributed by atoms with van der Waals surface area (Å²) in [6.07, 6.45) is 2.41. The Labute approximate surface area is 114 Å². The van der Waals surface area contributed by atoms with Crippen molar-refractivity contribution in [2.45, 2.75) is 33.6 Å². The van der Waals surface area contributed by atoms with Gasteiger partial charge in [0.05, 0.1) is 10.7 Å². The summed E-state index contributed by atoms with van der Waals surface area (Å²) in [5.74, 6) is 0.526. The van der Waals surface area contributed by atoms with Crippen LogP contribution in [0, 0.1) is 5.92 Å². The van der Waals surface area contributed by atoms with Crippen LogP contribution in [0.2, 0.25) is 5.02 Å². The van der Waals surface area contributed by atoms with Gasteiger partial charge in [0.1, 0.15) is 0 Å². The predicted molar refractivity (Wildman–Crippen MR) is 78.3 cm³/mol. The molecule has 100 valence electrons. The van der Waals surface area contributed by atoms with Gasteiger partial charge in [0.25, 0.3) is 0 Å². The van der Waals surface area contributed by atoms with Crippen molar-refractivity contribution in [1.29, 1.82) is 0 Å². The van der Waals surface area contributed by atoms with Crippen molar-refractivity contribution < 1.29 is 4.79 Å². The third-order valence-corrected chi connectivity index (χ3v) is 3.03. The number of benzene rings is 1. The van der Waals surface area contributed by atoms with Crippen LogP contribution < -0.4 is 10.6 Å². The highest BCUT2D eigenvalue weighted by Gasteiger charge is 2.04. The molecule has 1 aromatic rings. The van der Waals surface area contributed by atoms with Gasteiger partial charge in [-0.05, 0) is 30.5 Å². The summed E-state index contributed by atoms with van der Waals surface area (Å²) in [5, 5.41) is 6.59. The summed E-state index contributed by atoms with van der Waals surface area (Å²) in [6.45, 7) is 6.82. The Kier molecular flexibility index (Phi) is 5.99. The zero-order valence-corrected chi connectivity index (χ0v) is 12.0. The van der Waals surface area contributed by atoms with Crippen LogP contribution >= 0.6 is 11.6 Å². The van der Waals surface area contributed by atoms with Gasteiger partial charge in [0.15, 0.2) is 0 Å². The Balaban J connectivity index is 2.58. The van der Waals surface area contributed by atoms with Gasteiger partial charge in [0, 0.05) is 19.2 Å². The van der Waals surface area contributed by atoms with E-state index in [9.17, 15) is 4.79 Å². The normalized spacial score (nSPS) is 12.0. The predicted octanol–water partition coefficient (Wildman–Crippen LogP) is 4.15. The zero-order chi connectivity index (χ0) is 13.5. The largest absolute Gasteiger partial charge is 0.385 e. The molecule has 0 aliphatic rings. The lowest BCUT2D eigenvalue weighted by Gasteiger charge is -2.13. The Hall–Kier alpha value is -1.22. The highest BCUT2D eigenvalue weighted by atomic mass is 35.5. The first-order valence-corrected chi connectivity index (χ1v) is 6.71. The Morgan fingerprint density at radius 3 is 2.72 bits per heavy atom. The van der Waals surface area contributed by atoms with E-state index < -0.39 is 0 Å². The quantitative estimate of drug-likeness (QED) is 0.814. The van der Waals surface area contributed by atoms with Crippen molar-refractivity contribution in [2.24, 2.45) is 5.92 Å². The van der Waals surface area contributed by atoms with E-state index in [0.29, 0.717) is 16.6 Å². The number of hydrogen-bond acceptors (Lipinski definition) is 2. The molecule has 3 nitrogen and oxygen atoms in total. The fourth-order valence-electron chi connectivity index (χ4n) is 1.80. The van der Waals surface area contributed by atoms with Crippen LogP contribution in [0.1, 0.15) is 33.6 Å². The number of hydrogen-bond donors (Lipinski definition) is 2. The van der Waals surface area contributed by atoms with Crippen LogP contribution in [0.15, 0.2) is 18.2 Å². The van der Waals surface area contributed by atoms with Crippen LogP contribution in [0.4, 0.5) is 11.4 Å². The summed E-state index contributed by atoms with van der Waals surface area (Å²) < 4.78 is 0. The molecule has 1 unspecified atom stereocenters. The third kappa shape index (κ3) is 4.96. The molecule has 0 aliphatic carbocycles. The van der Waals surface area contributed by atoms with Gasteiger partial charge in [-0.1, -0.05) is 31.9 Å². The highest BCUT2D eigenvalue weighted by Crippen LogP contribution is 2.25. The molecule has 0 spiro atoms. The average Bonchev–Trinajstić information content (AvgIpc) is 2.29. The molecule has 0 radical (unpaired) electrons. The third-order valence-electron chi connectivity index (χ3n) is 2.72. The SMILES string of the molecule is CCCC(C)CNc1ccc(NC(C)=O)c(Cl)c1. The van der Waals surface area contributed by atoms with E-state index in [0.717, 1.165) is 12.2 Å². The molecule has 0 saturated carbocycles. The molecule has 18 heavy (non-hydrogen) atoms. The minimum atomic E-state index is -0.117. The molecule has 1 rings (SSSR count). The molecule has 4 heteroatoms. The summed E-state index contributed by atoms with van der Waals surface area (Å²) in [5.41, 5.74) is 1.63. The summed E-state index contributed by atoms with van der Waals surface area (Å²) in [6, 6.07) is 5.58. The molecule has 1 aromatic carbocycles. The minimum absolute atomic E-state index is 0.117.